The molecule has 0 aliphatic carbocycles. The molecule has 0 radical (unpaired) electrons. The van der Waals surface area contributed by atoms with Crippen LogP contribution in [-0.4, -0.2) is 34.3 Å². The molecule has 1 aromatic heterocycles. The van der Waals surface area contributed by atoms with Gasteiger partial charge in [0, 0.05) is 17.9 Å². The summed E-state index contributed by atoms with van der Waals surface area (Å²) < 4.78 is 5.70. The summed E-state index contributed by atoms with van der Waals surface area (Å²) in [4.78, 5) is 48.4. The van der Waals surface area contributed by atoms with Gasteiger partial charge in [0.25, 0.3) is 17.7 Å². The molecule has 3 amide bonds. The fourth-order valence-corrected chi connectivity index (χ4v) is 4.82. The third kappa shape index (κ3) is 3.67. The Hall–Kier alpha value is -4.30. The molecule has 3 heterocycles. The van der Waals surface area contributed by atoms with E-state index >= 15 is 0 Å². The molecule has 1 fully saturated rings. The van der Waals surface area contributed by atoms with Gasteiger partial charge in [-0.05, 0) is 80.3 Å². The van der Waals surface area contributed by atoms with Crippen LogP contribution in [0.3, 0.4) is 0 Å². The summed E-state index contributed by atoms with van der Waals surface area (Å²) in [5.74, 6) is -0.399. The van der Waals surface area contributed by atoms with Crippen LogP contribution < -0.4 is 10.2 Å². The number of rotatable bonds is 4. The lowest BCUT2D eigenvalue weighted by molar-refractivity contribution is 0.0925. The van der Waals surface area contributed by atoms with E-state index in [2.05, 4.69) is 15.3 Å². The third-order valence-electron chi connectivity index (χ3n) is 6.75. The third-order valence-corrected chi connectivity index (χ3v) is 6.75. The minimum atomic E-state index is -0.432. The molecular formula is C28H24N4O4. The summed E-state index contributed by atoms with van der Waals surface area (Å²) in [5.41, 5.74) is 5.33. The van der Waals surface area contributed by atoms with Gasteiger partial charge in [0.15, 0.2) is 0 Å². The second-order valence-corrected chi connectivity index (χ2v) is 9.31. The van der Waals surface area contributed by atoms with Crippen molar-refractivity contribution in [3.8, 4) is 0 Å². The fourth-order valence-electron chi connectivity index (χ4n) is 4.82. The van der Waals surface area contributed by atoms with Gasteiger partial charge in [0.05, 0.1) is 27.8 Å². The molecule has 8 heteroatoms. The van der Waals surface area contributed by atoms with Gasteiger partial charge in [-0.15, -0.1) is 0 Å². The number of fused-ring (bicyclic) bond motifs is 2. The molecule has 2 N–H and O–H groups in total. The van der Waals surface area contributed by atoms with Crippen molar-refractivity contribution in [1.82, 2.24) is 9.97 Å². The Bertz CT molecular complexity index is 1570. The number of H-pyrrole nitrogens is 1. The predicted molar refractivity (Wildman–Crippen MR) is 135 cm³/mol. The van der Waals surface area contributed by atoms with Gasteiger partial charge in [-0.25, -0.2) is 9.88 Å². The quantitative estimate of drug-likeness (QED) is 0.396. The Balaban J connectivity index is 1.25. The SMILES string of the molecule is Cc1ccc(C)c(N2C(=O)c3ccc(C(=O)Nc4ccc5nc(C6CCCO6)[nH]c5c4)cc3C2=O)c1. The van der Waals surface area contributed by atoms with E-state index in [1.54, 1.807) is 18.2 Å². The number of aromatic amines is 1. The number of amides is 3. The van der Waals surface area contributed by atoms with Crippen LogP contribution in [0.5, 0.6) is 0 Å². The molecular weight excluding hydrogens is 456 g/mol. The number of hydrogen-bond donors (Lipinski definition) is 2. The molecule has 2 aliphatic rings. The smallest absolute Gasteiger partial charge is 0.266 e. The van der Waals surface area contributed by atoms with E-state index in [1.807, 2.05) is 44.2 Å². The molecule has 1 atom stereocenters. The van der Waals surface area contributed by atoms with Gasteiger partial charge in [-0.1, -0.05) is 12.1 Å². The summed E-state index contributed by atoms with van der Waals surface area (Å²) in [5, 5.41) is 2.88. The van der Waals surface area contributed by atoms with Crippen molar-refractivity contribution in [2.75, 3.05) is 16.8 Å². The van der Waals surface area contributed by atoms with Crippen LogP contribution in [-0.2, 0) is 4.74 Å². The molecule has 0 spiro atoms. The molecule has 1 saturated heterocycles. The first-order valence-electron chi connectivity index (χ1n) is 11.9. The van der Waals surface area contributed by atoms with Crippen molar-refractivity contribution in [2.45, 2.75) is 32.8 Å². The lowest BCUT2D eigenvalue weighted by Crippen LogP contribution is -2.30. The Morgan fingerprint density at radius 3 is 2.67 bits per heavy atom. The van der Waals surface area contributed by atoms with Gasteiger partial charge in [-0.3, -0.25) is 14.4 Å². The van der Waals surface area contributed by atoms with Crippen LogP contribution >= 0.6 is 0 Å². The molecule has 180 valence electrons. The number of nitrogens with zero attached hydrogens (tertiary/aromatic N) is 2. The van der Waals surface area contributed by atoms with E-state index in [1.165, 1.54) is 11.0 Å². The molecule has 0 bridgehead atoms. The molecule has 0 saturated carbocycles. The maximum Gasteiger partial charge on any atom is 0.266 e. The number of benzene rings is 3. The van der Waals surface area contributed by atoms with Crippen LogP contribution in [0.4, 0.5) is 11.4 Å². The highest BCUT2D eigenvalue weighted by Crippen LogP contribution is 2.32. The number of carbonyl (C=O) groups is 3. The first-order chi connectivity index (χ1) is 17.4. The van der Waals surface area contributed by atoms with Crippen molar-refractivity contribution >= 4 is 40.1 Å². The standard InChI is InChI=1S/C28H24N4O4/c1-15-5-6-16(2)23(12-15)32-27(34)19-9-7-17(13-20(19)28(32)35)26(33)29-18-8-10-21-22(14-18)31-25(30-21)24-4-3-11-36-24/h5-10,12-14,24H,3-4,11H2,1-2H3,(H,29,33)(H,30,31). The Labute approximate surface area is 207 Å². The number of imide groups is 1. The number of carbonyl (C=O) groups excluding carboxylic acids is 3. The second kappa shape index (κ2) is 8.42. The number of aryl methyl sites for hydroxylation is 2. The largest absolute Gasteiger partial charge is 0.370 e. The maximum absolute atomic E-state index is 13.2. The number of imidazole rings is 1. The number of anilines is 2. The summed E-state index contributed by atoms with van der Waals surface area (Å²) in [6.45, 7) is 4.51. The van der Waals surface area contributed by atoms with Gasteiger partial charge in [0.1, 0.15) is 11.9 Å². The second-order valence-electron chi connectivity index (χ2n) is 9.31. The van der Waals surface area contributed by atoms with Crippen LogP contribution in [0.15, 0.2) is 54.6 Å². The van der Waals surface area contributed by atoms with Gasteiger partial charge < -0.3 is 15.0 Å². The molecule has 4 aromatic rings. The van der Waals surface area contributed by atoms with E-state index in [-0.39, 0.29) is 29.0 Å². The maximum atomic E-state index is 13.2. The topological polar surface area (TPSA) is 104 Å². The fraction of sp³-hybridized carbons (Fsp3) is 0.214. The van der Waals surface area contributed by atoms with Crippen molar-refractivity contribution in [2.24, 2.45) is 0 Å². The summed E-state index contributed by atoms with van der Waals surface area (Å²) in [6, 6.07) is 15.7. The zero-order valence-corrected chi connectivity index (χ0v) is 19.9. The first-order valence-corrected chi connectivity index (χ1v) is 11.9. The number of hydrogen-bond acceptors (Lipinski definition) is 5. The van der Waals surface area contributed by atoms with E-state index in [9.17, 15) is 14.4 Å². The number of nitrogens with one attached hydrogen (secondary N) is 2. The highest BCUT2D eigenvalue weighted by molar-refractivity contribution is 6.35. The highest BCUT2D eigenvalue weighted by Gasteiger charge is 2.37. The van der Waals surface area contributed by atoms with E-state index in [0.717, 1.165) is 47.4 Å². The minimum absolute atomic E-state index is 0.0229. The van der Waals surface area contributed by atoms with Crippen LogP contribution in [0.2, 0.25) is 0 Å². The van der Waals surface area contributed by atoms with Crippen LogP contribution in [0, 0.1) is 13.8 Å². The monoisotopic (exact) mass is 480 g/mol. The van der Waals surface area contributed by atoms with Crippen molar-refractivity contribution in [3.05, 3.63) is 88.2 Å². The normalized spacial score (nSPS) is 17.2. The van der Waals surface area contributed by atoms with Gasteiger partial charge >= 0.3 is 0 Å². The Morgan fingerprint density at radius 2 is 1.86 bits per heavy atom. The highest BCUT2D eigenvalue weighted by atomic mass is 16.5. The molecule has 3 aromatic carbocycles. The van der Waals surface area contributed by atoms with Crippen molar-refractivity contribution < 1.29 is 19.1 Å². The lowest BCUT2D eigenvalue weighted by Gasteiger charge is -2.17. The molecule has 6 rings (SSSR count). The van der Waals surface area contributed by atoms with Crippen molar-refractivity contribution in [3.63, 3.8) is 0 Å². The van der Waals surface area contributed by atoms with E-state index in [0.29, 0.717) is 16.9 Å². The summed E-state index contributed by atoms with van der Waals surface area (Å²) in [6.07, 6.45) is 1.93. The van der Waals surface area contributed by atoms with Gasteiger partial charge in [-0.2, -0.15) is 0 Å². The Kier molecular flexibility index (Phi) is 5.19. The average Bonchev–Trinajstić information content (AvgIpc) is 3.59. The first kappa shape index (κ1) is 22.2. The molecule has 1 unspecified atom stereocenters. The van der Waals surface area contributed by atoms with Gasteiger partial charge in [0.2, 0.25) is 0 Å². The van der Waals surface area contributed by atoms with E-state index < -0.39 is 5.91 Å². The zero-order valence-electron chi connectivity index (χ0n) is 19.9. The molecule has 2 aliphatic heterocycles. The molecule has 36 heavy (non-hydrogen) atoms. The van der Waals surface area contributed by atoms with E-state index in [4.69, 9.17) is 4.74 Å². The minimum Gasteiger partial charge on any atom is -0.370 e. The van der Waals surface area contributed by atoms with Crippen LogP contribution in [0.1, 0.15) is 67.0 Å². The molecule has 8 nitrogen and oxygen atoms in total. The lowest BCUT2D eigenvalue weighted by atomic mass is 10.1. The Morgan fingerprint density at radius 1 is 1.03 bits per heavy atom. The average molecular weight is 481 g/mol. The predicted octanol–water partition coefficient (Wildman–Crippen LogP) is 5.08. The number of aromatic nitrogens is 2. The van der Waals surface area contributed by atoms with Crippen LogP contribution in [0.25, 0.3) is 11.0 Å². The van der Waals surface area contributed by atoms with Crippen molar-refractivity contribution in [1.29, 1.82) is 0 Å². The zero-order chi connectivity index (χ0) is 25.0. The number of ether oxygens (including phenoxy) is 1. The summed E-state index contributed by atoms with van der Waals surface area (Å²) >= 11 is 0. The summed E-state index contributed by atoms with van der Waals surface area (Å²) in [7, 11) is 0.